The van der Waals surface area contributed by atoms with Gasteiger partial charge in [0.2, 0.25) is 0 Å². The first-order chi connectivity index (χ1) is 4.67. The van der Waals surface area contributed by atoms with Crippen LogP contribution in [0.3, 0.4) is 0 Å². The lowest BCUT2D eigenvalue weighted by Gasteiger charge is -2.08. The van der Waals surface area contributed by atoms with Gasteiger partial charge in [0.1, 0.15) is 0 Å². The van der Waals surface area contributed by atoms with Crippen LogP contribution in [-0.4, -0.2) is 18.9 Å². The van der Waals surface area contributed by atoms with Crippen molar-refractivity contribution in [2.24, 2.45) is 0 Å². The average Bonchev–Trinajstić information content (AvgIpc) is 2.20. The van der Waals surface area contributed by atoms with Gasteiger partial charge in [-0.25, -0.2) is 0 Å². The van der Waals surface area contributed by atoms with Gasteiger partial charge in [-0.2, -0.15) is 8.42 Å². The van der Waals surface area contributed by atoms with Crippen molar-refractivity contribution in [1.82, 2.24) is 15.9 Å². The van der Waals surface area contributed by atoms with Gasteiger partial charge in [0.05, 0.1) is 6.20 Å². The van der Waals surface area contributed by atoms with Gasteiger partial charge in [-0.1, -0.05) is 0 Å². The fraction of sp³-hybridized carbons (Fsp3) is 0. The lowest BCUT2D eigenvalue weighted by atomic mass is 11.0. The first-order valence-electron chi connectivity index (χ1n) is 2.34. The second-order valence-electron chi connectivity index (χ2n) is 1.58. The summed E-state index contributed by atoms with van der Waals surface area (Å²) in [7, 11) is -3.87. The highest BCUT2D eigenvalue weighted by molar-refractivity contribution is 7.81. The number of hydrogen-bond donors (Lipinski definition) is 1. The van der Waals surface area contributed by atoms with E-state index in [0.717, 1.165) is 10.5 Å². The van der Waals surface area contributed by atoms with Gasteiger partial charge in [-0.15, -0.1) is 13.7 Å². The first kappa shape index (κ1) is 5.92. The zero-order valence-electron chi connectivity index (χ0n) is 4.59. The van der Waals surface area contributed by atoms with E-state index in [1.54, 1.807) is 0 Å². The molecule has 2 aliphatic rings. The van der Waals surface area contributed by atoms with Crippen molar-refractivity contribution in [1.29, 1.82) is 0 Å². The molecular formula is C2H3N3O4S. The Bertz CT molecular complexity index is 270. The summed E-state index contributed by atoms with van der Waals surface area (Å²) >= 11 is 0. The highest BCUT2D eigenvalue weighted by atomic mass is 32.3. The third-order valence-electron chi connectivity index (χ3n) is 0.896. The van der Waals surface area contributed by atoms with Crippen molar-refractivity contribution < 1.29 is 17.0 Å². The summed E-state index contributed by atoms with van der Waals surface area (Å²) in [5.74, 6) is 0. The Morgan fingerprint density at radius 3 is 2.90 bits per heavy atom. The SMILES string of the molecule is O=S1(=O)ON2C=CNN2O1. The highest BCUT2D eigenvalue weighted by Crippen LogP contribution is 2.18. The van der Waals surface area contributed by atoms with Gasteiger partial charge in [-0.05, 0) is 0 Å². The van der Waals surface area contributed by atoms with Crippen LogP contribution >= 0.6 is 0 Å². The highest BCUT2D eigenvalue weighted by Gasteiger charge is 2.37. The van der Waals surface area contributed by atoms with E-state index < -0.39 is 10.4 Å². The topological polar surface area (TPSA) is 71.1 Å². The Kier molecular flexibility index (Phi) is 0.951. The Labute approximate surface area is 56.6 Å². The van der Waals surface area contributed by atoms with Crippen LogP contribution in [0.1, 0.15) is 0 Å². The van der Waals surface area contributed by atoms with Crippen molar-refractivity contribution >= 4 is 10.4 Å². The zero-order valence-corrected chi connectivity index (χ0v) is 5.41. The van der Waals surface area contributed by atoms with Crippen LogP contribution in [0.15, 0.2) is 12.4 Å². The predicted octanol–water partition coefficient (Wildman–Crippen LogP) is -1.38. The smallest absolute Gasteiger partial charge is 0.280 e. The number of rotatable bonds is 0. The standard InChI is InChI=1S/C2H3N3O4S/c6-10(7)8-4-2-1-3-5(4)9-10/h1-3H. The molecule has 0 amide bonds. The molecule has 2 aliphatic heterocycles. The van der Waals surface area contributed by atoms with Crippen molar-refractivity contribution in [2.45, 2.75) is 0 Å². The molecule has 1 saturated heterocycles. The van der Waals surface area contributed by atoms with Gasteiger partial charge in [0.15, 0.2) is 0 Å². The largest absolute Gasteiger partial charge is 0.442 e. The van der Waals surface area contributed by atoms with E-state index in [1.807, 2.05) is 0 Å². The summed E-state index contributed by atoms with van der Waals surface area (Å²) in [5, 5.41) is 1.73. The summed E-state index contributed by atoms with van der Waals surface area (Å²) in [4.78, 5) is 0. The fourth-order valence-corrected chi connectivity index (χ4v) is 1.19. The van der Waals surface area contributed by atoms with E-state index in [-0.39, 0.29) is 0 Å². The molecule has 2 rings (SSSR count). The molecule has 0 unspecified atom stereocenters. The molecular weight excluding hydrogens is 162 g/mol. The number of nitrogens with zero attached hydrogens (tertiary/aromatic N) is 2. The summed E-state index contributed by atoms with van der Waals surface area (Å²) in [6, 6.07) is 0. The monoisotopic (exact) mass is 165 g/mol. The molecule has 0 aromatic heterocycles. The zero-order chi connectivity index (χ0) is 7.19. The lowest BCUT2D eigenvalue weighted by molar-refractivity contribution is -0.256. The minimum absolute atomic E-state index is 0.829. The molecule has 0 atom stereocenters. The van der Waals surface area contributed by atoms with E-state index in [0.29, 0.717) is 0 Å². The minimum atomic E-state index is -3.87. The Balaban J connectivity index is 2.28. The van der Waals surface area contributed by atoms with Crippen molar-refractivity contribution in [3.8, 4) is 0 Å². The molecule has 0 radical (unpaired) electrons. The van der Waals surface area contributed by atoms with Crippen molar-refractivity contribution in [2.75, 3.05) is 0 Å². The molecule has 0 saturated carbocycles. The predicted molar refractivity (Wildman–Crippen MR) is 27.0 cm³/mol. The van der Waals surface area contributed by atoms with Gasteiger partial charge in [0, 0.05) is 11.5 Å². The molecule has 8 heteroatoms. The second kappa shape index (κ2) is 1.61. The van der Waals surface area contributed by atoms with Gasteiger partial charge in [-0.3, -0.25) is 5.43 Å². The minimum Gasteiger partial charge on any atom is -0.280 e. The van der Waals surface area contributed by atoms with Crippen LogP contribution in [0.4, 0.5) is 0 Å². The summed E-state index contributed by atoms with van der Waals surface area (Å²) in [6.07, 6.45) is 2.80. The van der Waals surface area contributed by atoms with E-state index in [2.05, 4.69) is 14.0 Å². The molecule has 0 spiro atoms. The van der Waals surface area contributed by atoms with E-state index in [9.17, 15) is 8.42 Å². The Morgan fingerprint density at radius 2 is 2.20 bits per heavy atom. The number of hydrazine groups is 2. The molecule has 0 aliphatic carbocycles. The van der Waals surface area contributed by atoms with Crippen LogP contribution in [0.2, 0.25) is 0 Å². The maximum atomic E-state index is 10.4. The van der Waals surface area contributed by atoms with E-state index >= 15 is 0 Å². The van der Waals surface area contributed by atoms with Crippen LogP contribution in [0, 0.1) is 0 Å². The van der Waals surface area contributed by atoms with Crippen LogP contribution in [0.25, 0.3) is 0 Å². The molecule has 0 aromatic carbocycles. The second-order valence-corrected chi connectivity index (χ2v) is 2.69. The third-order valence-corrected chi connectivity index (χ3v) is 1.55. The fourth-order valence-electron chi connectivity index (χ4n) is 0.581. The molecule has 1 fully saturated rings. The number of hydrogen-bond acceptors (Lipinski definition) is 7. The van der Waals surface area contributed by atoms with Gasteiger partial charge >= 0.3 is 10.4 Å². The first-order valence-corrected chi connectivity index (χ1v) is 3.67. The molecule has 10 heavy (non-hydrogen) atoms. The normalized spacial score (nSPS) is 28.6. The maximum Gasteiger partial charge on any atom is 0.442 e. The molecule has 0 aromatic rings. The molecule has 1 N–H and O–H groups in total. The average molecular weight is 165 g/mol. The van der Waals surface area contributed by atoms with E-state index in [1.165, 1.54) is 12.4 Å². The van der Waals surface area contributed by atoms with Crippen LogP contribution in [-0.2, 0) is 19.0 Å². The summed E-state index contributed by atoms with van der Waals surface area (Å²) in [6.45, 7) is 0. The van der Waals surface area contributed by atoms with Crippen molar-refractivity contribution in [3.63, 3.8) is 0 Å². The summed E-state index contributed by atoms with van der Waals surface area (Å²) < 4.78 is 29.3. The molecule has 56 valence electrons. The Hall–Kier alpha value is -0.830. The third kappa shape index (κ3) is 0.743. The maximum absolute atomic E-state index is 10.4. The number of hydroxylamine groups is 1. The number of fused-ring (bicyclic) bond motifs is 1. The molecule has 7 nitrogen and oxygen atoms in total. The quantitative estimate of drug-likeness (QED) is 0.474. The van der Waals surface area contributed by atoms with Gasteiger partial charge < -0.3 is 0 Å². The summed E-state index contributed by atoms with van der Waals surface area (Å²) in [5.41, 5.74) is 2.43. The molecule has 2 heterocycles. The van der Waals surface area contributed by atoms with Crippen LogP contribution < -0.4 is 5.43 Å². The molecule has 0 bridgehead atoms. The lowest BCUT2D eigenvalue weighted by Crippen LogP contribution is -2.33. The van der Waals surface area contributed by atoms with E-state index in [4.69, 9.17) is 0 Å². The van der Waals surface area contributed by atoms with Crippen LogP contribution in [0.5, 0.6) is 0 Å². The van der Waals surface area contributed by atoms with Gasteiger partial charge in [0.25, 0.3) is 0 Å². The van der Waals surface area contributed by atoms with Crippen molar-refractivity contribution in [3.05, 3.63) is 12.4 Å². The Morgan fingerprint density at radius 1 is 1.40 bits per heavy atom. The number of nitrogens with one attached hydrogen (secondary N) is 1.